The summed E-state index contributed by atoms with van der Waals surface area (Å²) in [6.45, 7) is 5.13. The molecule has 0 saturated heterocycles. The highest BCUT2D eigenvalue weighted by Gasteiger charge is 2.21. The van der Waals surface area contributed by atoms with Crippen molar-refractivity contribution in [3.8, 4) is 0 Å². The van der Waals surface area contributed by atoms with Gasteiger partial charge in [-0.2, -0.15) is 0 Å². The van der Waals surface area contributed by atoms with Gasteiger partial charge in [0, 0.05) is 6.54 Å². The summed E-state index contributed by atoms with van der Waals surface area (Å²) in [5.74, 6) is 0.0566. The van der Waals surface area contributed by atoms with E-state index in [-0.39, 0.29) is 18.2 Å². The molecule has 1 aromatic rings. The van der Waals surface area contributed by atoms with Crippen LogP contribution in [0.25, 0.3) is 0 Å². The molecular weight excluding hydrogens is 214 g/mol. The molecule has 0 bridgehead atoms. The molecule has 0 atom stereocenters. The highest BCUT2D eigenvalue weighted by Crippen LogP contribution is 2.06. The fourth-order valence-corrected chi connectivity index (χ4v) is 1.41. The molecule has 1 rings (SSSR count). The van der Waals surface area contributed by atoms with Crippen LogP contribution in [-0.2, 0) is 6.54 Å². The van der Waals surface area contributed by atoms with Crippen molar-refractivity contribution in [2.45, 2.75) is 27.3 Å². The van der Waals surface area contributed by atoms with E-state index in [1.54, 1.807) is 0 Å². The van der Waals surface area contributed by atoms with Crippen molar-refractivity contribution in [3.63, 3.8) is 0 Å². The minimum absolute atomic E-state index is 0.0139. The molecule has 0 radical (unpaired) electrons. The maximum Gasteiger partial charge on any atom is 0.353 e. The van der Waals surface area contributed by atoms with E-state index >= 15 is 0 Å². The normalized spacial score (nSPS) is 10.8. The Morgan fingerprint density at radius 2 is 2.00 bits per heavy atom. The third-order valence-corrected chi connectivity index (χ3v) is 2.07. The summed E-state index contributed by atoms with van der Waals surface area (Å²) in [5.41, 5.74) is -2.04. The topological polar surface area (TPSA) is 98.0 Å². The van der Waals surface area contributed by atoms with Crippen LogP contribution in [-0.4, -0.2) is 14.5 Å². The van der Waals surface area contributed by atoms with Crippen molar-refractivity contribution in [2.75, 3.05) is 0 Å². The summed E-state index contributed by atoms with van der Waals surface area (Å²) in [6.07, 6.45) is 0. The van der Waals surface area contributed by atoms with Crippen molar-refractivity contribution < 1.29 is 4.92 Å². The molecule has 0 unspecified atom stereocenters. The molecule has 0 aliphatic rings. The average molecular weight is 227 g/mol. The molecule has 0 amide bonds. The van der Waals surface area contributed by atoms with Crippen molar-refractivity contribution in [3.05, 3.63) is 36.6 Å². The van der Waals surface area contributed by atoms with E-state index in [0.29, 0.717) is 0 Å². The molecule has 88 valence electrons. The van der Waals surface area contributed by atoms with E-state index in [1.807, 2.05) is 13.8 Å². The largest absolute Gasteiger partial charge is 0.353 e. The Labute approximate surface area is 90.9 Å². The lowest BCUT2D eigenvalue weighted by Gasteiger charge is -2.07. The number of nitro groups is 1. The van der Waals surface area contributed by atoms with Gasteiger partial charge in [-0.15, -0.1) is 0 Å². The van der Waals surface area contributed by atoms with E-state index < -0.39 is 21.9 Å². The Morgan fingerprint density at radius 1 is 1.44 bits per heavy atom. The zero-order valence-electron chi connectivity index (χ0n) is 9.31. The standard InChI is InChI=1S/C9H13N3O4/c1-5(2)4-11-8(13)7(12(15)16)6(3)10-9(11)14/h5H,4H2,1-3H3,(H,10,14). The lowest BCUT2D eigenvalue weighted by molar-refractivity contribution is -0.387. The molecule has 0 spiro atoms. The monoisotopic (exact) mass is 227 g/mol. The van der Waals surface area contributed by atoms with Crippen LogP contribution in [0.3, 0.4) is 0 Å². The first kappa shape index (κ1) is 12.2. The highest BCUT2D eigenvalue weighted by atomic mass is 16.6. The summed E-state index contributed by atoms with van der Waals surface area (Å²) in [7, 11) is 0. The Morgan fingerprint density at radius 3 is 2.44 bits per heavy atom. The maximum atomic E-state index is 11.7. The number of H-pyrrole nitrogens is 1. The van der Waals surface area contributed by atoms with Crippen LogP contribution >= 0.6 is 0 Å². The minimum Gasteiger partial charge on any atom is -0.305 e. The first-order chi connectivity index (χ1) is 7.34. The first-order valence-electron chi connectivity index (χ1n) is 4.82. The zero-order chi connectivity index (χ0) is 12.5. The second kappa shape index (κ2) is 4.30. The number of nitrogens with one attached hydrogen (secondary N) is 1. The summed E-state index contributed by atoms with van der Waals surface area (Å²) < 4.78 is 0.857. The van der Waals surface area contributed by atoms with Gasteiger partial charge in [0.1, 0.15) is 5.69 Å². The van der Waals surface area contributed by atoms with Gasteiger partial charge in [-0.25, -0.2) is 4.79 Å². The third-order valence-electron chi connectivity index (χ3n) is 2.07. The fraction of sp³-hybridized carbons (Fsp3) is 0.556. The summed E-state index contributed by atoms with van der Waals surface area (Å²) >= 11 is 0. The van der Waals surface area contributed by atoms with Crippen molar-refractivity contribution in [2.24, 2.45) is 5.92 Å². The van der Waals surface area contributed by atoms with E-state index in [1.165, 1.54) is 6.92 Å². The van der Waals surface area contributed by atoms with Crippen LogP contribution < -0.4 is 11.2 Å². The number of aromatic nitrogens is 2. The van der Waals surface area contributed by atoms with E-state index in [2.05, 4.69) is 4.98 Å². The lowest BCUT2D eigenvalue weighted by Crippen LogP contribution is -2.38. The number of aromatic amines is 1. The lowest BCUT2D eigenvalue weighted by atomic mass is 10.2. The van der Waals surface area contributed by atoms with Crippen LogP contribution in [0.4, 0.5) is 5.69 Å². The molecule has 16 heavy (non-hydrogen) atoms. The van der Waals surface area contributed by atoms with Crippen LogP contribution in [0.15, 0.2) is 9.59 Å². The molecular formula is C9H13N3O4. The van der Waals surface area contributed by atoms with Gasteiger partial charge >= 0.3 is 16.9 Å². The van der Waals surface area contributed by atoms with Gasteiger partial charge in [0.15, 0.2) is 0 Å². The van der Waals surface area contributed by atoms with Crippen LogP contribution in [0.5, 0.6) is 0 Å². The van der Waals surface area contributed by atoms with Crippen molar-refractivity contribution in [1.29, 1.82) is 0 Å². The van der Waals surface area contributed by atoms with Gasteiger partial charge in [0.2, 0.25) is 0 Å². The Kier molecular flexibility index (Phi) is 3.26. The van der Waals surface area contributed by atoms with Crippen LogP contribution in [0, 0.1) is 23.0 Å². The number of rotatable bonds is 3. The molecule has 0 aliphatic heterocycles. The predicted octanol–water partition coefficient (Wildman–Crippen LogP) is 0.409. The van der Waals surface area contributed by atoms with Crippen LogP contribution in [0.2, 0.25) is 0 Å². The van der Waals surface area contributed by atoms with Gasteiger partial charge in [-0.3, -0.25) is 19.5 Å². The van der Waals surface area contributed by atoms with E-state index in [4.69, 9.17) is 0 Å². The predicted molar refractivity (Wildman–Crippen MR) is 57.6 cm³/mol. The summed E-state index contributed by atoms with van der Waals surface area (Å²) in [6, 6.07) is 0. The Bertz CT molecular complexity index is 527. The first-order valence-corrected chi connectivity index (χ1v) is 4.82. The molecule has 0 fully saturated rings. The highest BCUT2D eigenvalue weighted by molar-refractivity contribution is 5.30. The summed E-state index contributed by atoms with van der Waals surface area (Å²) in [4.78, 5) is 35.3. The van der Waals surface area contributed by atoms with Crippen LogP contribution in [0.1, 0.15) is 19.5 Å². The minimum atomic E-state index is -0.847. The Hall–Kier alpha value is -1.92. The molecule has 1 heterocycles. The smallest absolute Gasteiger partial charge is 0.305 e. The number of hydrogen-bond donors (Lipinski definition) is 1. The molecule has 1 aromatic heterocycles. The number of hydrogen-bond acceptors (Lipinski definition) is 4. The number of aryl methyl sites for hydroxylation is 1. The third kappa shape index (κ3) is 2.18. The van der Waals surface area contributed by atoms with Gasteiger partial charge in [-0.05, 0) is 12.8 Å². The van der Waals surface area contributed by atoms with Gasteiger partial charge in [0.25, 0.3) is 0 Å². The molecule has 0 aliphatic carbocycles. The van der Waals surface area contributed by atoms with Crippen molar-refractivity contribution in [1.82, 2.24) is 9.55 Å². The Balaban J connectivity index is 3.52. The molecule has 0 aromatic carbocycles. The molecule has 1 N–H and O–H groups in total. The molecule has 7 nitrogen and oxygen atoms in total. The van der Waals surface area contributed by atoms with E-state index in [9.17, 15) is 19.7 Å². The maximum absolute atomic E-state index is 11.7. The molecule has 7 heteroatoms. The SMILES string of the molecule is Cc1[nH]c(=O)n(CC(C)C)c(=O)c1[N+](=O)[O-]. The fourth-order valence-electron chi connectivity index (χ4n) is 1.41. The number of nitrogens with zero attached hydrogens (tertiary/aromatic N) is 2. The average Bonchev–Trinajstić information content (AvgIpc) is 2.10. The zero-order valence-corrected chi connectivity index (χ0v) is 9.31. The second-order valence-corrected chi connectivity index (χ2v) is 3.97. The summed E-state index contributed by atoms with van der Waals surface area (Å²) in [5, 5.41) is 10.7. The van der Waals surface area contributed by atoms with E-state index in [0.717, 1.165) is 4.57 Å². The van der Waals surface area contributed by atoms with Gasteiger partial charge < -0.3 is 4.98 Å². The van der Waals surface area contributed by atoms with Crippen molar-refractivity contribution >= 4 is 5.69 Å². The van der Waals surface area contributed by atoms with Gasteiger partial charge in [-0.1, -0.05) is 13.8 Å². The van der Waals surface area contributed by atoms with Gasteiger partial charge in [0.05, 0.1) is 4.92 Å². The quantitative estimate of drug-likeness (QED) is 0.597. The molecule has 0 saturated carbocycles. The second-order valence-electron chi connectivity index (χ2n) is 3.97.